The molecule has 1 amide bonds. The van der Waals surface area contributed by atoms with E-state index in [1.165, 1.54) is 0 Å². The second-order valence-corrected chi connectivity index (χ2v) is 15.3. The highest BCUT2D eigenvalue weighted by molar-refractivity contribution is 6.02. The van der Waals surface area contributed by atoms with Crippen molar-refractivity contribution in [2.24, 2.45) is 38.9 Å². The number of Topliss-reactive ketones (excluding diaryl/α,β-unsaturated/α-hetero) is 1. The van der Waals surface area contributed by atoms with Gasteiger partial charge in [-0.25, -0.2) is 0 Å². The molecule has 0 aromatic rings. The van der Waals surface area contributed by atoms with E-state index in [9.17, 15) is 19.6 Å². The lowest BCUT2D eigenvalue weighted by molar-refractivity contribution is -0.140. The first-order chi connectivity index (χ1) is 18.2. The number of amides is 1. The van der Waals surface area contributed by atoms with E-state index in [4.69, 9.17) is 0 Å². The Morgan fingerprint density at radius 1 is 1.07 bits per heavy atom. The van der Waals surface area contributed by atoms with Crippen molar-refractivity contribution in [1.29, 1.82) is 5.26 Å². The quantitative estimate of drug-likeness (QED) is 0.243. The molecule has 0 aromatic carbocycles. The van der Waals surface area contributed by atoms with Crippen molar-refractivity contribution in [3.8, 4) is 6.07 Å². The molecule has 0 spiro atoms. The lowest BCUT2D eigenvalue weighted by atomic mass is 9.44. The molecule has 1 fully saturated rings. The van der Waals surface area contributed by atoms with Gasteiger partial charge < -0.3 is 4.90 Å². The van der Waals surface area contributed by atoms with Crippen LogP contribution in [0.4, 0.5) is 0 Å². The van der Waals surface area contributed by atoms with Crippen molar-refractivity contribution >= 4 is 17.5 Å². The molecule has 5 nitrogen and oxygen atoms in total. The van der Waals surface area contributed by atoms with E-state index in [-0.39, 0.29) is 51.1 Å². The number of fused-ring (bicyclic) bond motifs is 1. The van der Waals surface area contributed by atoms with Crippen LogP contribution in [0.1, 0.15) is 121 Å². The van der Waals surface area contributed by atoms with Gasteiger partial charge in [-0.2, -0.15) is 5.26 Å². The minimum absolute atomic E-state index is 0.0128. The first-order valence-corrected chi connectivity index (χ1v) is 15.3. The average Bonchev–Trinajstić information content (AvgIpc) is 2.85. The highest BCUT2D eigenvalue weighted by atomic mass is 16.2. The summed E-state index contributed by atoms with van der Waals surface area (Å²) >= 11 is 0. The Hall–Kier alpha value is -2.22. The first kappa shape index (κ1) is 34.0. The molecule has 224 valence electrons. The van der Waals surface area contributed by atoms with Gasteiger partial charge in [-0.15, -0.1) is 0 Å². The van der Waals surface area contributed by atoms with Gasteiger partial charge in [-0.3, -0.25) is 14.4 Å². The maximum atomic E-state index is 13.6. The molecule has 0 saturated heterocycles. The minimum atomic E-state index is -0.554. The van der Waals surface area contributed by atoms with Crippen LogP contribution in [0.15, 0.2) is 23.3 Å². The third kappa shape index (κ3) is 6.47. The fourth-order valence-corrected chi connectivity index (χ4v) is 7.89. The molecule has 0 unspecified atom stereocenters. The third-order valence-corrected chi connectivity index (χ3v) is 11.1. The molecule has 2 aliphatic carbocycles. The van der Waals surface area contributed by atoms with Crippen molar-refractivity contribution in [2.45, 2.75) is 121 Å². The van der Waals surface area contributed by atoms with Gasteiger partial charge in [-0.1, -0.05) is 80.4 Å². The van der Waals surface area contributed by atoms with Crippen LogP contribution in [0.5, 0.6) is 0 Å². The number of ketones is 2. The Morgan fingerprint density at radius 3 is 2.15 bits per heavy atom. The zero-order valence-corrected chi connectivity index (χ0v) is 27.6. The lowest BCUT2D eigenvalue weighted by Gasteiger charge is -2.59. The lowest BCUT2D eigenvalue weighted by Crippen LogP contribution is -2.53. The van der Waals surface area contributed by atoms with Crippen molar-refractivity contribution in [1.82, 2.24) is 4.90 Å². The van der Waals surface area contributed by atoms with Crippen LogP contribution in [-0.4, -0.2) is 36.5 Å². The summed E-state index contributed by atoms with van der Waals surface area (Å²) in [7, 11) is 3.70. The molecule has 40 heavy (non-hydrogen) atoms. The molecule has 0 heterocycles. The van der Waals surface area contributed by atoms with Crippen LogP contribution in [0.25, 0.3) is 0 Å². The highest BCUT2D eigenvalue weighted by Gasteiger charge is 2.58. The van der Waals surface area contributed by atoms with Gasteiger partial charge >= 0.3 is 0 Å². The van der Waals surface area contributed by atoms with Crippen LogP contribution in [0.2, 0.25) is 0 Å². The zero-order valence-electron chi connectivity index (χ0n) is 27.6. The van der Waals surface area contributed by atoms with E-state index in [0.717, 1.165) is 56.9 Å². The van der Waals surface area contributed by atoms with Gasteiger partial charge in [-0.05, 0) is 80.1 Å². The summed E-state index contributed by atoms with van der Waals surface area (Å²) in [6, 6.07) is 2.14. The fourth-order valence-electron chi connectivity index (χ4n) is 7.89. The Labute approximate surface area is 244 Å². The van der Waals surface area contributed by atoms with Crippen molar-refractivity contribution < 1.29 is 14.4 Å². The van der Waals surface area contributed by atoms with Crippen LogP contribution in [0, 0.1) is 50.2 Å². The summed E-state index contributed by atoms with van der Waals surface area (Å²) in [4.78, 5) is 40.9. The summed E-state index contributed by atoms with van der Waals surface area (Å²) in [6.07, 6.45) is 11.1. The van der Waals surface area contributed by atoms with Gasteiger partial charge in [0.25, 0.3) is 0 Å². The maximum Gasteiger partial charge on any atom is 0.227 e. The van der Waals surface area contributed by atoms with E-state index < -0.39 is 10.8 Å². The number of nitrogens with zero attached hydrogens (tertiary/aromatic N) is 2. The number of hydrogen-bond donors (Lipinski definition) is 0. The molecule has 2 rings (SSSR count). The topological polar surface area (TPSA) is 78.2 Å². The second-order valence-electron chi connectivity index (χ2n) is 15.3. The molecular weight excluding hydrogens is 496 g/mol. The highest BCUT2D eigenvalue weighted by Crippen LogP contribution is 2.65. The molecule has 0 bridgehead atoms. The Kier molecular flexibility index (Phi) is 10.1. The Balaban J connectivity index is 2.53. The van der Waals surface area contributed by atoms with E-state index in [0.29, 0.717) is 0 Å². The van der Waals surface area contributed by atoms with Crippen LogP contribution >= 0.6 is 0 Å². The van der Waals surface area contributed by atoms with Gasteiger partial charge in [0.1, 0.15) is 6.07 Å². The van der Waals surface area contributed by atoms with E-state index in [2.05, 4.69) is 61.5 Å². The molecule has 0 radical (unpaired) electrons. The second kappa shape index (κ2) is 11.9. The summed E-state index contributed by atoms with van der Waals surface area (Å²) in [5, 5.41) is 9.79. The van der Waals surface area contributed by atoms with Gasteiger partial charge in [0.2, 0.25) is 5.91 Å². The molecule has 2 aliphatic rings. The van der Waals surface area contributed by atoms with Gasteiger partial charge in [0.15, 0.2) is 11.6 Å². The first-order valence-electron chi connectivity index (χ1n) is 15.3. The number of allylic oxidation sites excluding steroid dienone is 4. The third-order valence-electron chi connectivity index (χ3n) is 11.1. The summed E-state index contributed by atoms with van der Waals surface area (Å²) in [6.45, 7) is 21.4. The van der Waals surface area contributed by atoms with E-state index in [1.54, 1.807) is 17.9 Å². The molecule has 0 aromatic heterocycles. The summed E-state index contributed by atoms with van der Waals surface area (Å²) in [5.41, 5.74) is -0.180. The smallest absolute Gasteiger partial charge is 0.227 e. The minimum Gasteiger partial charge on any atom is -0.348 e. The molecule has 0 N–H and O–H groups in total. The molecule has 5 heteroatoms. The number of carbonyl (C=O) groups is 3. The van der Waals surface area contributed by atoms with Gasteiger partial charge in [0, 0.05) is 30.8 Å². The molecule has 1 saturated carbocycles. The number of hydrogen-bond acceptors (Lipinski definition) is 4. The van der Waals surface area contributed by atoms with Crippen molar-refractivity contribution in [3.05, 3.63) is 23.3 Å². The average molecular weight is 553 g/mol. The predicted molar refractivity (Wildman–Crippen MR) is 163 cm³/mol. The van der Waals surface area contributed by atoms with E-state index in [1.807, 2.05) is 27.1 Å². The van der Waals surface area contributed by atoms with E-state index >= 15 is 0 Å². The Morgan fingerprint density at radius 2 is 1.65 bits per heavy atom. The zero-order chi connectivity index (χ0) is 30.9. The fraction of sp³-hybridized carbons (Fsp3) is 0.771. The van der Waals surface area contributed by atoms with Crippen molar-refractivity contribution in [3.63, 3.8) is 0 Å². The molecule has 5 atom stereocenters. The Bertz CT molecular complexity index is 1100. The standard InChI is InChI=1S/C35H56N2O3/c1-13-15-31(4,5)17-19-33(8,30(40)37(11)12)20-18-32(6,7)35(10)16-14-27-25(3)29(39)26(23-36)22-34(27,9)28(35)21-24(2)38/h21-22,25,27H,13-20H2,1-12H3/b28-21-/t25-,27-,33-,34-,35+/m0/s1. The number of carbonyl (C=O) groups excluding carboxylic acids is 3. The maximum absolute atomic E-state index is 13.6. The predicted octanol–water partition coefficient (Wildman–Crippen LogP) is 8.10. The molecular formula is C35H56N2O3. The van der Waals surface area contributed by atoms with Crippen LogP contribution in [0.3, 0.4) is 0 Å². The number of nitriles is 1. The normalized spacial score (nSPS) is 29.7. The largest absolute Gasteiger partial charge is 0.348 e. The summed E-state index contributed by atoms with van der Waals surface area (Å²) < 4.78 is 0. The van der Waals surface area contributed by atoms with Gasteiger partial charge in [0.05, 0.1) is 5.57 Å². The van der Waals surface area contributed by atoms with Crippen molar-refractivity contribution in [2.75, 3.05) is 14.1 Å². The SMILES string of the molecule is CCCC(C)(C)CC[C@@](C)(CCC(C)(C)[C@]1(C)CC[C@H]2[C@H](C)C(=O)C(C#N)=C[C@]2(C)/C1=C/C(C)=O)C(=O)N(C)C. The van der Waals surface area contributed by atoms with Crippen LogP contribution < -0.4 is 0 Å². The number of rotatable bonds is 11. The summed E-state index contributed by atoms with van der Waals surface area (Å²) in [5.74, 6) is -0.134. The van der Waals surface area contributed by atoms with Crippen LogP contribution in [-0.2, 0) is 14.4 Å². The molecule has 0 aliphatic heterocycles. The monoisotopic (exact) mass is 552 g/mol.